The third-order valence-corrected chi connectivity index (χ3v) is 8.25. The molecule has 1 aliphatic rings. The van der Waals surface area contributed by atoms with E-state index in [9.17, 15) is 0 Å². The quantitative estimate of drug-likeness (QED) is 0.170. The van der Waals surface area contributed by atoms with Crippen LogP contribution < -0.4 is 14.2 Å². The van der Waals surface area contributed by atoms with E-state index in [4.69, 9.17) is 25.8 Å². The van der Waals surface area contributed by atoms with Crippen molar-refractivity contribution in [1.82, 2.24) is 9.47 Å². The molecule has 0 fully saturated rings. The molecule has 5 rings (SSSR count). The van der Waals surface area contributed by atoms with Crippen LogP contribution in [0.2, 0.25) is 5.02 Å². The molecule has 2 heterocycles. The normalized spacial score (nSPS) is 13.0. The van der Waals surface area contributed by atoms with Gasteiger partial charge in [-0.05, 0) is 74.2 Å². The molecule has 0 aliphatic carbocycles. The van der Waals surface area contributed by atoms with E-state index < -0.39 is 0 Å². The third-order valence-electron chi connectivity index (χ3n) is 7.92. The first-order chi connectivity index (χ1) is 19.9. The van der Waals surface area contributed by atoms with Crippen LogP contribution in [0.15, 0.2) is 78.9 Å². The van der Waals surface area contributed by atoms with Gasteiger partial charge in [0.2, 0.25) is 0 Å². The van der Waals surface area contributed by atoms with Gasteiger partial charge in [-0.3, -0.25) is 4.90 Å². The van der Waals surface area contributed by atoms with Gasteiger partial charge in [0, 0.05) is 30.9 Å². The zero-order valence-corrected chi connectivity index (χ0v) is 25.4. The number of rotatable bonds is 12. The second kappa shape index (κ2) is 13.1. The maximum Gasteiger partial charge on any atom is 0.161 e. The summed E-state index contributed by atoms with van der Waals surface area (Å²) in [5.41, 5.74) is 5.47. The lowest BCUT2D eigenvalue weighted by molar-refractivity contribution is 0.0964. The van der Waals surface area contributed by atoms with E-state index >= 15 is 0 Å². The molecule has 3 aromatic carbocycles. The molecule has 1 aromatic heterocycles. The number of benzene rings is 3. The number of unbranched alkanes of at least 4 members (excludes halogenated alkanes) is 1. The summed E-state index contributed by atoms with van der Waals surface area (Å²) >= 11 is 7.08. The zero-order chi connectivity index (χ0) is 28.8. The number of hydrogen-bond acceptors (Lipinski definition) is 4. The van der Waals surface area contributed by atoms with Crippen LogP contribution in [0, 0.1) is 0 Å². The molecule has 6 heteroatoms. The lowest BCUT2D eigenvalue weighted by atomic mass is 9.90. The second-order valence-electron chi connectivity index (χ2n) is 11.0. The van der Waals surface area contributed by atoms with Crippen LogP contribution in [-0.2, 0) is 25.2 Å². The van der Waals surface area contributed by atoms with Crippen molar-refractivity contribution >= 4 is 11.6 Å². The van der Waals surface area contributed by atoms with E-state index in [1.807, 2.05) is 19.1 Å². The molecule has 41 heavy (non-hydrogen) atoms. The van der Waals surface area contributed by atoms with E-state index in [-0.39, 0.29) is 5.54 Å². The summed E-state index contributed by atoms with van der Waals surface area (Å²) in [6.45, 7) is 12.9. The number of aromatic nitrogens is 1. The Bertz CT molecular complexity index is 1450. The lowest BCUT2D eigenvalue weighted by Gasteiger charge is -2.40. The van der Waals surface area contributed by atoms with Crippen molar-refractivity contribution < 1.29 is 14.2 Å². The molecule has 0 amide bonds. The number of halogens is 1. The van der Waals surface area contributed by atoms with Crippen molar-refractivity contribution in [2.45, 2.75) is 65.7 Å². The van der Waals surface area contributed by atoms with Crippen LogP contribution in [0.25, 0.3) is 11.3 Å². The molecule has 5 nitrogen and oxygen atoms in total. The Morgan fingerprint density at radius 3 is 2.41 bits per heavy atom. The minimum absolute atomic E-state index is 0.354. The fourth-order valence-electron chi connectivity index (χ4n) is 5.50. The molecule has 4 aromatic rings. The smallest absolute Gasteiger partial charge is 0.161 e. The maximum absolute atomic E-state index is 7.08. The van der Waals surface area contributed by atoms with Gasteiger partial charge in [-0.2, -0.15) is 0 Å². The van der Waals surface area contributed by atoms with Crippen LogP contribution in [0.5, 0.6) is 17.2 Å². The summed E-state index contributed by atoms with van der Waals surface area (Å²) in [7, 11) is 0. The van der Waals surface area contributed by atoms with Gasteiger partial charge in [0.1, 0.15) is 19.0 Å². The Morgan fingerprint density at radius 1 is 0.878 bits per heavy atom. The first kappa shape index (κ1) is 29.1. The monoisotopic (exact) mass is 572 g/mol. The van der Waals surface area contributed by atoms with Gasteiger partial charge < -0.3 is 18.8 Å². The Hall–Kier alpha value is -3.41. The van der Waals surface area contributed by atoms with Crippen LogP contribution in [0.3, 0.4) is 0 Å². The number of hydrogen-bond donors (Lipinski definition) is 0. The maximum atomic E-state index is 7.08. The summed E-state index contributed by atoms with van der Waals surface area (Å²) in [4.78, 5) is 2.50. The fraction of sp³-hybridized carbons (Fsp3) is 0.371. The van der Waals surface area contributed by atoms with Crippen LogP contribution >= 0.6 is 11.6 Å². The van der Waals surface area contributed by atoms with Gasteiger partial charge in [-0.25, -0.2) is 0 Å². The topological polar surface area (TPSA) is 35.9 Å². The highest BCUT2D eigenvalue weighted by Gasteiger charge is 2.32. The van der Waals surface area contributed by atoms with Gasteiger partial charge in [-0.1, -0.05) is 73.5 Å². The lowest BCUT2D eigenvalue weighted by Crippen LogP contribution is -2.41. The van der Waals surface area contributed by atoms with Gasteiger partial charge >= 0.3 is 0 Å². The minimum atomic E-state index is -0.354. The molecule has 0 bridgehead atoms. The first-order valence-corrected chi connectivity index (χ1v) is 15.1. The second-order valence-corrected chi connectivity index (χ2v) is 11.5. The Labute approximate surface area is 249 Å². The molecular formula is C35H41ClN2O3. The van der Waals surface area contributed by atoms with Crippen molar-refractivity contribution in [3.63, 3.8) is 0 Å². The number of fused-ring (bicyclic) bond motifs is 1. The molecule has 0 unspecified atom stereocenters. The highest BCUT2D eigenvalue weighted by atomic mass is 35.5. The number of nitrogens with zero attached hydrogens (tertiary/aromatic N) is 2. The zero-order valence-electron chi connectivity index (χ0n) is 24.7. The average Bonchev–Trinajstić information content (AvgIpc) is 3.30. The minimum Gasteiger partial charge on any atom is -0.494 e. The third kappa shape index (κ3) is 6.58. The first-order valence-electron chi connectivity index (χ1n) is 14.7. The van der Waals surface area contributed by atoms with Crippen molar-refractivity contribution in [2.24, 2.45) is 0 Å². The summed E-state index contributed by atoms with van der Waals surface area (Å²) in [5.74, 6) is 2.49. The van der Waals surface area contributed by atoms with Crippen LogP contribution in [0.4, 0.5) is 0 Å². The Kier molecular flexibility index (Phi) is 9.26. The summed E-state index contributed by atoms with van der Waals surface area (Å²) < 4.78 is 20.0. The van der Waals surface area contributed by atoms with Gasteiger partial charge in [0.15, 0.2) is 11.5 Å². The molecule has 0 atom stereocenters. The predicted molar refractivity (Wildman–Crippen MR) is 167 cm³/mol. The van der Waals surface area contributed by atoms with Crippen LogP contribution in [0.1, 0.15) is 57.4 Å². The highest BCUT2D eigenvalue weighted by Crippen LogP contribution is 2.39. The molecule has 0 N–H and O–H groups in total. The molecule has 0 radical (unpaired) electrons. The van der Waals surface area contributed by atoms with E-state index in [0.717, 1.165) is 65.2 Å². The van der Waals surface area contributed by atoms with Gasteiger partial charge in [0.25, 0.3) is 0 Å². The van der Waals surface area contributed by atoms with Crippen molar-refractivity contribution in [3.05, 3.63) is 101 Å². The SMILES string of the molecule is CCCCn1c(-c2ccccc2)cc(Cl)c1CN(Cc1cccc(OCC)c1)C(C)(C)c1ccc2c(c1)OCCO2. The fourth-order valence-corrected chi connectivity index (χ4v) is 5.76. The van der Waals surface area contributed by atoms with Crippen molar-refractivity contribution in [3.8, 4) is 28.5 Å². The van der Waals surface area contributed by atoms with E-state index in [1.165, 1.54) is 11.1 Å². The van der Waals surface area contributed by atoms with Gasteiger partial charge in [0.05, 0.1) is 17.3 Å². The highest BCUT2D eigenvalue weighted by molar-refractivity contribution is 6.31. The molecule has 0 saturated heterocycles. The molecular weight excluding hydrogens is 532 g/mol. The van der Waals surface area contributed by atoms with E-state index in [1.54, 1.807) is 0 Å². The van der Waals surface area contributed by atoms with Crippen LogP contribution in [-0.4, -0.2) is 29.3 Å². The Balaban J connectivity index is 1.57. The standard InChI is InChI=1S/C35H41ClN2O3/c1-5-7-18-38-31(27-13-9-8-10-14-27)23-30(36)32(38)25-37(24-26-12-11-15-29(21-26)39-6-2)35(3,4)28-16-17-33-34(22-28)41-20-19-40-33/h8-17,21-23H,5-7,18-20,24-25H2,1-4H3. The molecule has 1 aliphatic heterocycles. The largest absolute Gasteiger partial charge is 0.494 e. The summed E-state index contributed by atoms with van der Waals surface area (Å²) in [5, 5.41) is 0.797. The van der Waals surface area contributed by atoms with E-state index in [2.05, 4.69) is 97.0 Å². The van der Waals surface area contributed by atoms with E-state index in [0.29, 0.717) is 26.4 Å². The van der Waals surface area contributed by atoms with Crippen molar-refractivity contribution in [1.29, 1.82) is 0 Å². The number of ether oxygens (including phenoxy) is 3. The molecule has 216 valence electrons. The predicted octanol–water partition coefficient (Wildman–Crippen LogP) is 8.72. The Morgan fingerprint density at radius 2 is 1.66 bits per heavy atom. The average molecular weight is 573 g/mol. The van der Waals surface area contributed by atoms with Gasteiger partial charge in [-0.15, -0.1) is 0 Å². The van der Waals surface area contributed by atoms with Crippen molar-refractivity contribution in [2.75, 3.05) is 19.8 Å². The summed E-state index contributed by atoms with van der Waals surface area (Å²) in [6.07, 6.45) is 2.19. The molecule has 0 saturated carbocycles. The summed E-state index contributed by atoms with van der Waals surface area (Å²) in [6, 6.07) is 27.4. The molecule has 0 spiro atoms.